The van der Waals surface area contributed by atoms with Gasteiger partial charge in [-0.25, -0.2) is 0 Å². The van der Waals surface area contributed by atoms with Crippen LogP contribution in [-0.2, 0) is 47.4 Å². The van der Waals surface area contributed by atoms with Crippen LogP contribution in [0, 0.1) is 23.7 Å². The third kappa shape index (κ3) is 17.6. The van der Waals surface area contributed by atoms with E-state index in [0.717, 1.165) is 51.4 Å². The normalized spacial score (nSPS) is 42.5. The molecule has 2 aliphatic carbocycles. The van der Waals surface area contributed by atoms with Crippen LogP contribution >= 0.6 is 0 Å². The third-order valence-corrected chi connectivity index (χ3v) is 17.3. The van der Waals surface area contributed by atoms with Gasteiger partial charge in [0.1, 0.15) is 97.7 Å². The van der Waals surface area contributed by atoms with E-state index in [1.165, 1.54) is 64.2 Å². The van der Waals surface area contributed by atoms with Crippen LogP contribution in [0.2, 0.25) is 0 Å². The minimum Gasteiger partial charge on any atom is -0.394 e. The van der Waals surface area contributed by atoms with E-state index < -0.39 is 173 Å². The van der Waals surface area contributed by atoms with Gasteiger partial charge in [0.05, 0.1) is 51.8 Å². The summed E-state index contributed by atoms with van der Waals surface area (Å²) in [4.78, 5) is 0. The number of hydrogen-bond acceptors (Lipinski definition) is 24. The summed E-state index contributed by atoms with van der Waals surface area (Å²) in [5.74, 6) is -1.21. The third-order valence-electron chi connectivity index (χ3n) is 17.3. The van der Waals surface area contributed by atoms with Gasteiger partial charge in [0.25, 0.3) is 0 Å². The smallest absolute Gasteiger partial charge is 0.187 e. The van der Waals surface area contributed by atoms with E-state index in [2.05, 4.69) is 13.8 Å². The van der Waals surface area contributed by atoms with E-state index in [9.17, 15) is 71.5 Å². The monoisotopic (exact) mass is 1140 g/mol. The van der Waals surface area contributed by atoms with Gasteiger partial charge >= 0.3 is 0 Å². The summed E-state index contributed by atoms with van der Waals surface area (Å²) in [5, 5.41) is 150. The van der Waals surface area contributed by atoms with Gasteiger partial charge in [0.15, 0.2) is 25.2 Å². The Morgan fingerprint density at radius 1 is 0.316 bits per heavy atom. The van der Waals surface area contributed by atoms with Crippen molar-refractivity contribution in [1.29, 1.82) is 0 Å². The van der Waals surface area contributed by atoms with Gasteiger partial charge < -0.3 is 119 Å². The van der Waals surface area contributed by atoms with Crippen molar-refractivity contribution in [3.8, 4) is 0 Å². The lowest BCUT2D eigenvalue weighted by atomic mass is 9.76. The average Bonchev–Trinajstić information content (AvgIpc) is 4.23. The first-order valence-electron chi connectivity index (χ1n) is 29.8. The minimum atomic E-state index is -1.90. The minimum absolute atomic E-state index is 0.206. The fraction of sp³-hybridized carbons (Fsp3) is 1.00. The molecular formula is C55H100O24. The summed E-state index contributed by atoms with van der Waals surface area (Å²) < 4.78 is 61.1. The summed E-state index contributed by atoms with van der Waals surface area (Å²) in [5.41, 5.74) is 0. The first kappa shape index (κ1) is 67.2. The molecule has 4 aliphatic heterocycles. The Balaban J connectivity index is 1.20. The number of aliphatic hydroxyl groups excluding tert-OH is 14. The van der Waals surface area contributed by atoms with E-state index in [1.54, 1.807) is 0 Å². The molecule has 24 nitrogen and oxygen atoms in total. The van der Waals surface area contributed by atoms with E-state index in [4.69, 9.17) is 47.4 Å². The fourth-order valence-corrected chi connectivity index (χ4v) is 12.5. The number of fused-ring (bicyclic) bond motifs is 2. The maximum absolute atomic E-state index is 11.7. The largest absolute Gasteiger partial charge is 0.394 e. The number of hydrogen-bond donors (Lipinski definition) is 14. The molecule has 0 aromatic rings. The molecule has 4 saturated heterocycles. The molecule has 0 spiro atoms. The predicted octanol–water partition coefficient (Wildman–Crippen LogP) is -1.02. The highest BCUT2D eigenvalue weighted by Gasteiger charge is 2.63. The molecule has 6 fully saturated rings. The molecule has 0 radical (unpaired) electrons. The molecule has 0 amide bonds. The molecule has 464 valence electrons. The molecule has 6 aliphatic rings. The Hall–Kier alpha value is -0.960. The summed E-state index contributed by atoms with van der Waals surface area (Å²) in [6, 6.07) is 0. The number of unbranched alkanes of at least 4 members (excludes halogenated alkanes) is 16. The molecule has 14 N–H and O–H groups in total. The van der Waals surface area contributed by atoms with Crippen LogP contribution in [-0.4, -0.2) is 259 Å². The zero-order valence-electron chi connectivity index (χ0n) is 46.4. The lowest BCUT2D eigenvalue weighted by Gasteiger charge is -2.49. The lowest BCUT2D eigenvalue weighted by molar-refractivity contribution is -0.378. The summed E-state index contributed by atoms with van der Waals surface area (Å²) in [7, 11) is 0. The van der Waals surface area contributed by atoms with Crippen LogP contribution in [0.5, 0.6) is 0 Å². The van der Waals surface area contributed by atoms with Gasteiger partial charge in [-0.05, 0) is 42.9 Å². The maximum Gasteiger partial charge on any atom is 0.187 e. The van der Waals surface area contributed by atoms with Crippen LogP contribution in [0.15, 0.2) is 0 Å². The van der Waals surface area contributed by atoms with Gasteiger partial charge in [-0.1, -0.05) is 117 Å². The standard InChI is InChI=1S/C55H100O24/c1-3-5-7-9-11-13-15-17-19-21-70-28-32-30-23-31(33(32)29-71-22-20-18-16-14-12-10-8-6-4-2)49(77-55-47(69)43(65)51(37(27-59)75-55)79-53-45(67)41(63)39(61)35(25-57)73-53)48(30)76-54-46(68)42(64)50(36(26-58)74-54)78-52-44(66)40(62)38(60)34(24-56)72-52/h30-69H,3-29H2,1-2H3/t30-,31?,32+,33?,34?,35?,36?,37?,38+,39+,40-,41-,42+,43+,44?,45?,46?,47?,48-,49?,50+,51+,52+,53+,54-,55-/m0/s1. The highest BCUT2D eigenvalue weighted by molar-refractivity contribution is 5.09. The second-order valence-corrected chi connectivity index (χ2v) is 22.9. The summed E-state index contributed by atoms with van der Waals surface area (Å²) in [6.45, 7) is 2.90. The van der Waals surface area contributed by atoms with Crippen LogP contribution in [0.1, 0.15) is 136 Å². The van der Waals surface area contributed by atoms with E-state index in [0.29, 0.717) is 32.8 Å². The molecule has 0 aromatic carbocycles. The Morgan fingerprint density at radius 3 is 0.911 bits per heavy atom. The summed E-state index contributed by atoms with van der Waals surface area (Å²) >= 11 is 0. The van der Waals surface area contributed by atoms with Gasteiger partial charge in [-0.15, -0.1) is 0 Å². The molecule has 6 rings (SSSR count). The molecule has 4 heterocycles. The lowest BCUT2D eigenvalue weighted by Crippen LogP contribution is -2.66. The van der Waals surface area contributed by atoms with Crippen molar-refractivity contribution in [2.75, 3.05) is 52.9 Å². The highest BCUT2D eigenvalue weighted by Crippen LogP contribution is 2.56. The van der Waals surface area contributed by atoms with Crippen LogP contribution in [0.4, 0.5) is 0 Å². The van der Waals surface area contributed by atoms with Crippen LogP contribution in [0.3, 0.4) is 0 Å². The molecule has 11 unspecified atom stereocenters. The Kier molecular flexibility index (Phi) is 29.1. The quantitative estimate of drug-likeness (QED) is 0.0334. The van der Waals surface area contributed by atoms with Crippen LogP contribution in [0.25, 0.3) is 0 Å². The Labute approximate surface area is 465 Å². The molecule has 79 heavy (non-hydrogen) atoms. The van der Waals surface area contributed by atoms with Crippen molar-refractivity contribution in [2.45, 2.75) is 271 Å². The molecule has 2 saturated carbocycles. The van der Waals surface area contributed by atoms with Crippen molar-refractivity contribution in [2.24, 2.45) is 23.7 Å². The van der Waals surface area contributed by atoms with Gasteiger partial charge in [0, 0.05) is 13.2 Å². The van der Waals surface area contributed by atoms with Gasteiger partial charge in [-0.3, -0.25) is 0 Å². The van der Waals surface area contributed by atoms with Gasteiger partial charge in [-0.2, -0.15) is 0 Å². The van der Waals surface area contributed by atoms with Crippen molar-refractivity contribution >= 4 is 0 Å². The molecular weight excluding hydrogens is 1040 g/mol. The SMILES string of the molecule is CCCCCCCCCCCOCC1C2C[C@H]([C@H](O[C@@H]3OC(CO)[C@@H](O[C@H]4OC(CO)[C@@H](O)[C@H](O)C4O)[C@H](O)C3O)C2O[C@@H]2OC(CO)[C@@H](O[C@H]3OC(CO)[C@@H](O)[C@H](O)C3O)[C@H](O)C2O)[C@H]1COCCCCCCCCCCC. The topological polar surface area (TPSA) is 376 Å². The van der Waals surface area contributed by atoms with E-state index in [1.807, 2.05) is 0 Å². The molecule has 26 atom stereocenters. The summed E-state index contributed by atoms with van der Waals surface area (Å²) in [6.07, 6.45) is -15.0. The second-order valence-electron chi connectivity index (χ2n) is 22.9. The van der Waals surface area contributed by atoms with Crippen LogP contribution < -0.4 is 0 Å². The van der Waals surface area contributed by atoms with Crippen molar-refractivity contribution in [3.63, 3.8) is 0 Å². The number of ether oxygens (including phenoxy) is 10. The van der Waals surface area contributed by atoms with E-state index in [-0.39, 0.29) is 11.8 Å². The highest BCUT2D eigenvalue weighted by atomic mass is 16.8. The first-order chi connectivity index (χ1) is 38.1. The van der Waals surface area contributed by atoms with Gasteiger partial charge in [0.2, 0.25) is 0 Å². The van der Waals surface area contributed by atoms with Crippen molar-refractivity contribution in [3.05, 3.63) is 0 Å². The number of aliphatic hydroxyl groups is 14. The van der Waals surface area contributed by atoms with E-state index >= 15 is 0 Å². The average molecular weight is 1150 g/mol. The number of rotatable bonds is 36. The van der Waals surface area contributed by atoms with Crippen molar-refractivity contribution < 1.29 is 119 Å². The first-order valence-corrected chi connectivity index (χ1v) is 29.8. The Bertz CT molecular complexity index is 1520. The Morgan fingerprint density at radius 2 is 0.595 bits per heavy atom. The fourth-order valence-electron chi connectivity index (χ4n) is 12.5. The van der Waals surface area contributed by atoms with Crippen molar-refractivity contribution in [1.82, 2.24) is 0 Å². The molecule has 2 bridgehead atoms. The molecule has 0 aromatic heterocycles. The molecule has 24 heteroatoms. The zero-order valence-corrected chi connectivity index (χ0v) is 46.4. The predicted molar refractivity (Wildman–Crippen MR) is 277 cm³/mol. The maximum atomic E-state index is 11.7. The second kappa shape index (κ2) is 34.3. The zero-order chi connectivity index (χ0) is 57.2.